The minimum atomic E-state index is -3.77. The van der Waals surface area contributed by atoms with E-state index in [-0.39, 0.29) is 49.5 Å². The Morgan fingerprint density at radius 1 is 0.947 bits per heavy atom. The molecule has 1 heterocycles. The number of anilines is 1. The zero-order valence-corrected chi connectivity index (χ0v) is 25.0. The van der Waals surface area contributed by atoms with Gasteiger partial charge in [0.2, 0.25) is 10.0 Å². The zero-order chi connectivity index (χ0) is 27.0. The molecule has 0 aliphatic carbocycles. The lowest BCUT2D eigenvalue weighted by atomic mass is 10.2. The van der Waals surface area contributed by atoms with Gasteiger partial charge in [0.05, 0.1) is 28.3 Å². The van der Waals surface area contributed by atoms with Gasteiger partial charge in [-0.2, -0.15) is 4.31 Å². The van der Waals surface area contributed by atoms with E-state index in [1.165, 1.54) is 42.0 Å². The summed E-state index contributed by atoms with van der Waals surface area (Å²) in [5.74, 6) is -0.214. The second-order valence-electron chi connectivity index (χ2n) is 9.00. The summed E-state index contributed by atoms with van der Waals surface area (Å²) in [4.78, 5) is 22.2. The largest absolute Gasteiger partial charge is 0.383 e. The van der Waals surface area contributed by atoms with Crippen molar-refractivity contribution >= 4 is 55.0 Å². The molecule has 3 aromatic rings. The summed E-state index contributed by atoms with van der Waals surface area (Å²) < 4.78 is 38.9. The summed E-state index contributed by atoms with van der Waals surface area (Å²) in [5.41, 5.74) is 2.39. The van der Waals surface area contributed by atoms with Crippen molar-refractivity contribution in [1.29, 1.82) is 0 Å². The Hall–Kier alpha value is -2.12. The molecule has 38 heavy (non-hydrogen) atoms. The van der Waals surface area contributed by atoms with Gasteiger partial charge < -0.3 is 14.4 Å². The second-order valence-corrected chi connectivity index (χ2v) is 11.9. The lowest BCUT2D eigenvalue weighted by Gasteiger charge is -2.22. The molecule has 0 N–H and O–H groups in total. The molecule has 0 fully saturated rings. The Balaban J connectivity index is 0.00000507. The number of aryl methyl sites for hydroxylation is 1. The lowest BCUT2D eigenvalue weighted by Crippen LogP contribution is -2.36. The Bertz CT molecular complexity index is 1270. The Labute approximate surface area is 235 Å². The molecule has 3 rings (SSSR count). The first kappa shape index (κ1) is 32.1. The molecule has 0 unspecified atom stereocenters. The summed E-state index contributed by atoms with van der Waals surface area (Å²) in [7, 11) is 3.27. The summed E-state index contributed by atoms with van der Waals surface area (Å²) in [6.45, 7) is 4.30. The van der Waals surface area contributed by atoms with Crippen LogP contribution in [0.1, 0.15) is 22.3 Å². The van der Waals surface area contributed by atoms with Crippen LogP contribution in [0.15, 0.2) is 47.4 Å². The first-order chi connectivity index (χ1) is 17.7. The van der Waals surface area contributed by atoms with E-state index in [2.05, 4.69) is 11.0 Å². The minimum Gasteiger partial charge on any atom is -0.383 e. The number of nitrogens with zero attached hydrogens (tertiary/aromatic N) is 4. The predicted molar refractivity (Wildman–Crippen MR) is 155 cm³/mol. The van der Waals surface area contributed by atoms with E-state index in [1.807, 2.05) is 33.2 Å². The Morgan fingerprint density at radius 2 is 1.58 bits per heavy atom. The van der Waals surface area contributed by atoms with Crippen LogP contribution in [0.4, 0.5) is 5.13 Å². The third kappa shape index (κ3) is 8.19. The molecule has 2 aromatic carbocycles. The van der Waals surface area contributed by atoms with Crippen LogP contribution in [0, 0.1) is 6.92 Å². The molecule has 0 radical (unpaired) electrons. The minimum absolute atomic E-state index is 0. The van der Waals surface area contributed by atoms with E-state index in [0.29, 0.717) is 17.2 Å². The van der Waals surface area contributed by atoms with E-state index in [4.69, 9.17) is 14.5 Å². The monoisotopic (exact) mass is 584 g/mol. The van der Waals surface area contributed by atoms with E-state index in [1.54, 1.807) is 17.0 Å². The average Bonchev–Trinajstić information content (AvgIpc) is 3.29. The van der Waals surface area contributed by atoms with E-state index in [0.717, 1.165) is 28.7 Å². The number of amides is 1. The fourth-order valence-electron chi connectivity index (χ4n) is 3.78. The number of carbonyl (C=O) groups is 1. The van der Waals surface area contributed by atoms with E-state index >= 15 is 0 Å². The van der Waals surface area contributed by atoms with Gasteiger partial charge in [0.25, 0.3) is 5.91 Å². The molecule has 0 atom stereocenters. The number of rotatable bonds is 14. The van der Waals surface area contributed by atoms with Gasteiger partial charge in [-0.1, -0.05) is 17.4 Å². The van der Waals surface area contributed by atoms with Gasteiger partial charge in [-0.15, -0.1) is 12.4 Å². The molecule has 9 nitrogen and oxygen atoms in total. The maximum atomic E-state index is 13.6. The highest BCUT2D eigenvalue weighted by molar-refractivity contribution is 7.89. The fraction of sp³-hybridized carbons (Fsp3) is 0.462. The molecular weight excluding hydrogens is 548 g/mol. The number of hydrogen-bond donors (Lipinski definition) is 0. The predicted octanol–water partition coefficient (Wildman–Crippen LogP) is 3.91. The number of fused-ring (bicyclic) bond motifs is 1. The smallest absolute Gasteiger partial charge is 0.260 e. The second kappa shape index (κ2) is 14.9. The zero-order valence-electron chi connectivity index (χ0n) is 22.5. The highest BCUT2D eigenvalue weighted by atomic mass is 35.5. The summed E-state index contributed by atoms with van der Waals surface area (Å²) in [6, 6.07) is 12.1. The number of methoxy groups -OCH3 is 2. The first-order valence-corrected chi connectivity index (χ1v) is 14.3. The van der Waals surface area contributed by atoms with Gasteiger partial charge in [0.1, 0.15) is 0 Å². The van der Waals surface area contributed by atoms with Crippen LogP contribution >= 0.6 is 23.7 Å². The molecule has 1 aromatic heterocycles. The maximum absolute atomic E-state index is 13.6. The van der Waals surface area contributed by atoms with Crippen molar-refractivity contribution in [3.63, 3.8) is 0 Å². The topological polar surface area (TPSA) is 92.3 Å². The van der Waals surface area contributed by atoms with Crippen molar-refractivity contribution in [2.24, 2.45) is 0 Å². The van der Waals surface area contributed by atoms with Crippen molar-refractivity contribution in [3.8, 4) is 0 Å². The van der Waals surface area contributed by atoms with Crippen molar-refractivity contribution in [2.75, 3.05) is 72.6 Å². The van der Waals surface area contributed by atoms with Crippen LogP contribution in [0.3, 0.4) is 0 Å². The number of ether oxygens (including phenoxy) is 2. The number of aromatic nitrogens is 1. The summed E-state index contributed by atoms with van der Waals surface area (Å²) >= 11 is 1.48. The van der Waals surface area contributed by atoms with Crippen LogP contribution in [-0.4, -0.2) is 96.2 Å². The average molecular weight is 585 g/mol. The van der Waals surface area contributed by atoms with Gasteiger partial charge in [0.15, 0.2) is 5.13 Å². The van der Waals surface area contributed by atoms with Crippen molar-refractivity contribution in [2.45, 2.75) is 18.2 Å². The normalized spacial score (nSPS) is 11.8. The van der Waals surface area contributed by atoms with Crippen LogP contribution in [0.2, 0.25) is 0 Å². The first-order valence-electron chi connectivity index (χ1n) is 12.1. The standard InChI is InChI=1S/C26H36N4O5S2.ClH/c1-20-7-12-23-24(19-20)36-26(27-23)30(14-6-13-28(2)3)25(31)21-8-10-22(11-9-21)37(32,33)29(15-17-34-4)16-18-35-5;/h7-12,19H,6,13-18H2,1-5H3;1H. The molecule has 0 aliphatic rings. The maximum Gasteiger partial charge on any atom is 0.260 e. The molecule has 0 bridgehead atoms. The summed E-state index contributed by atoms with van der Waals surface area (Å²) in [6.07, 6.45) is 0.772. The van der Waals surface area contributed by atoms with Gasteiger partial charge >= 0.3 is 0 Å². The van der Waals surface area contributed by atoms with Crippen molar-refractivity contribution < 1.29 is 22.7 Å². The van der Waals surface area contributed by atoms with Gasteiger partial charge in [-0.3, -0.25) is 9.69 Å². The molecule has 0 aliphatic heterocycles. The van der Waals surface area contributed by atoms with Crippen molar-refractivity contribution in [1.82, 2.24) is 14.2 Å². The molecule has 0 saturated heterocycles. The number of thiazole rings is 1. The van der Waals surface area contributed by atoms with Crippen molar-refractivity contribution in [3.05, 3.63) is 53.6 Å². The Kier molecular flexibility index (Phi) is 12.6. The molecular formula is C26H37ClN4O5S2. The highest BCUT2D eigenvalue weighted by Crippen LogP contribution is 2.31. The highest BCUT2D eigenvalue weighted by Gasteiger charge is 2.26. The molecule has 210 valence electrons. The molecule has 0 spiro atoms. The number of hydrogen-bond acceptors (Lipinski definition) is 8. The molecule has 12 heteroatoms. The Morgan fingerprint density at radius 3 is 2.16 bits per heavy atom. The fourth-order valence-corrected chi connectivity index (χ4v) is 6.27. The number of benzene rings is 2. The number of halogens is 1. The lowest BCUT2D eigenvalue weighted by molar-refractivity contribution is 0.0986. The number of sulfonamides is 1. The van der Waals surface area contributed by atoms with Crippen LogP contribution in [0.5, 0.6) is 0 Å². The summed E-state index contributed by atoms with van der Waals surface area (Å²) in [5, 5.41) is 0.631. The third-order valence-electron chi connectivity index (χ3n) is 5.82. The third-order valence-corrected chi connectivity index (χ3v) is 8.78. The molecule has 0 saturated carbocycles. The van der Waals surface area contributed by atoms with Crippen LogP contribution < -0.4 is 4.90 Å². The van der Waals surface area contributed by atoms with Crippen LogP contribution in [-0.2, 0) is 19.5 Å². The SMILES string of the molecule is COCCN(CCOC)S(=O)(=O)c1ccc(C(=O)N(CCCN(C)C)c2nc3ccc(C)cc3s2)cc1.Cl. The quantitative estimate of drug-likeness (QED) is 0.284. The van der Waals surface area contributed by atoms with Crippen LogP contribution in [0.25, 0.3) is 10.2 Å². The number of carbonyl (C=O) groups excluding carboxylic acids is 1. The molecule has 1 amide bonds. The van der Waals surface area contributed by atoms with E-state index in [9.17, 15) is 13.2 Å². The van der Waals surface area contributed by atoms with Gasteiger partial charge in [-0.05, 0) is 75.9 Å². The van der Waals surface area contributed by atoms with E-state index < -0.39 is 10.0 Å². The van der Waals surface area contributed by atoms with Gasteiger partial charge in [-0.25, -0.2) is 13.4 Å². The van der Waals surface area contributed by atoms with Gasteiger partial charge in [0, 0.05) is 39.4 Å².